The number of phenols is 1. The first-order chi connectivity index (χ1) is 11.0. The van der Waals surface area contributed by atoms with Crippen molar-refractivity contribution in [1.82, 2.24) is 4.90 Å². The van der Waals surface area contributed by atoms with Gasteiger partial charge in [0, 0.05) is 25.7 Å². The highest BCUT2D eigenvalue weighted by atomic mass is 16.5. The monoisotopic (exact) mass is 313 g/mol. The molecule has 4 nitrogen and oxygen atoms in total. The molecule has 0 atom stereocenters. The highest BCUT2D eigenvalue weighted by molar-refractivity contribution is 5.40. The molecular weight excluding hydrogens is 290 g/mol. The summed E-state index contributed by atoms with van der Waals surface area (Å²) in [5, 5.41) is 9.63. The van der Waals surface area contributed by atoms with Crippen molar-refractivity contribution < 1.29 is 14.6 Å². The lowest BCUT2D eigenvalue weighted by atomic mass is 10.00. The highest BCUT2D eigenvalue weighted by Gasteiger charge is 2.29. The van der Waals surface area contributed by atoms with Crippen molar-refractivity contribution in [2.45, 2.75) is 26.5 Å². The third kappa shape index (κ3) is 3.59. The largest absolute Gasteiger partial charge is 0.508 e. The van der Waals surface area contributed by atoms with Gasteiger partial charge in [0.25, 0.3) is 0 Å². The molecule has 23 heavy (non-hydrogen) atoms. The first kappa shape index (κ1) is 15.7. The van der Waals surface area contributed by atoms with Gasteiger partial charge in [-0.05, 0) is 54.8 Å². The second-order valence-corrected chi connectivity index (χ2v) is 6.17. The van der Waals surface area contributed by atoms with Crippen molar-refractivity contribution in [2.24, 2.45) is 0 Å². The second kappa shape index (κ2) is 6.50. The summed E-state index contributed by atoms with van der Waals surface area (Å²) in [6.07, 6.45) is 0.222. The molecule has 0 amide bonds. The van der Waals surface area contributed by atoms with Crippen molar-refractivity contribution in [3.8, 4) is 17.2 Å². The van der Waals surface area contributed by atoms with Crippen LogP contribution in [0.1, 0.15) is 16.7 Å². The van der Waals surface area contributed by atoms with Crippen LogP contribution in [0.3, 0.4) is 0 Å². The topological polar surface area (TPSA) is 41.9 Å². The molecular formula is C19H23NO3. The van der Waals surface area contributed by atoms with Crippen LogP contribution >= 0.6 is 0 Å². The van der Waals surface area contributed by atoms with Crippen LogP contribution < -0.4 is 9.47 Å². The molecule has 1 saturated heterocycles. The number of methoxy groups -OCH3 is 1. The van der Waals surface area contributed by atoms with E-state index < -0.39 is 0 Å². The standard InChI is InChI=1S/C19H23NO3/c1-13-7-15(21)8-14(2)19(13)12-20-10-18(11-20)23-17-6-4-5-16(9-17)22-3/h4-9,18,21H,10-12H2,1-3H3. The van der Waals surface area contributed by atoms with Crippen LogP contribution in [0, 0.1) is 13.8 Å². The molecule has 1 N–H and O–H groups in total. The lowest BCUT2D eigenvalue weighted by molar-refractivity contribution is 0.0142. The molecule has 0 aliphatic carbocycles. The third-order valence-corrected chi connectivity index (χ3v) is 4.33. The molecule has 122 valence electrons. The van der Waals surface area contributed by atoms with Gasteiger partial charge in [-0.3, -0.25) is 4.90 Å². The summed E-state index contributed by atoms with van der Waals surface area (Å²) < 4.78 is 11.2. The van der Waals surface area contributed by atoms with E-state index in [4.69, 9.17) is 9.47 Å². The first-order valence-corrected chi connectivity index (χ1v) is 7.87. The minimum absolute atomic E-state index is 0.222. The number of benzene rings is 2. The average molecular weight is 313 g/mol. The summed E-state index contributed by atoms with van der Waals surface area (Å²) in [6.45, 7) is 6.82. The van der Waals surface area contributed by atoms with E-state index >= 15 is 0 Å². The van der Waals surface area contributed by atoms with Gasteiger partial charge in [-0.1, -0.05) is 6.07 Å². The van der Waals surface area contributed by atoms with Crippen LogP contribution in [0.5, 0.6) is 17.2 Å². The Morgan fingerprint density at radius 2 is 1.74 bits per heavy atom. The van der Waals surface area contributed by atoms with Gasteiger partial charge < -0.3 is 14.6 Å². The molecule has 3 rings (SSSR count). The molecule has 1 fully saturated rings. The number of phenolic OH excluding ortho intramolecular Hbond substituents is 1. The van der Waals surface area contributed by atoms with Gasteiger partial charge in [-0.25, -0.2) is 0 Å². The van der Waals surface area contributed by atoms with Crippen LogP contribution in [-0.2, 0) is 6.54 Å². The molecule has 0 spiro atoms. The summed E-state index contributed by atoms with van der Waals surface area (Å²) in [5.41, 5.74) is 3.57. The zero-order chi connectivity index (χ0) is 16.4. The molecule has 0 saturated carbocycles. The van der Waals surface area contributed by atoms with Gasteiger partial charge in [-0.15, -0.1) is 0 Å². The minimum atomic E-state index is 0.222. The van der Waals surface area contributed by atoms with Gasteiger partial charge in [0.1, 0.15) is 23.4 Å². The zero-order valence-electron chi connectivity index (χ0n) is 13.9. The van der Waals surface area contributed by atoms with E-state index in [-0.39, 0.29) is 6.10 Å². The smallest absolute Gasteiger partial charge is 0.124 e. The van der Waals surface area contributed by atoms with Gasteiger partial charge in [0.05, 0.1) is 7.11 Å². The van der Waals surface area contributed by atoms with E-state index in [1.165, 1.54) is 5.56 Å². The maximum atomic E-state index is 9.63. The van der Waals surface area contributed by atoms with Crippen molar-refractivity contribution >= 4 is 0 Å². The molecule has 2 aromatic carbocycles. The molecule has 1 heterocycles. The van der Waals surface area contributed by atoms with E-state index in [9.17, 15) is 5.11 Å². The van der Waals surface area contributed by atoms with Crippen LogP contribution in [0.25, 0.3) is 0 Å². The lowest BCUT2D eigenvalue weighted by Gasteiger charge is -2.39. The Bertz CT molecular complexity index is 670. The van der Waals surface area contributed by atoms with E-state index in [1.54, 1.807) is 7.11 Å². The fraction of sp³-hybridized carbons (Fsp3) is 0.368. The Morgan fingerprint density at radius 3 is 2.39 bits per heavy atom. The average Bonchev–Trinajstić information content (AvgIpc) is 2.47. The van der Waals surface area contributed by atoms with Gasteiger partial charge in [0.15, 0.2) is 0 Å². The fourth-order valence-electron chi connectivity index (χ4n) is 3.04. The summed E-state index contributed by atoms with van der Waals surface area (Å²) in [6, 6.07) is 11.4. The first-order valence-electron chi connectivity index (χ1n) is 7.87. The number of likely N-dealkylation sites (tertiary alicyclic amines) is 1. The normalized spacial score (nSPS) is 15.3. The second-order valence-electron chi connectivity index (χ2n) is 6.17. The molecule has 0 bridgehead atoms. The van der Waals surface area contributed by atoms with Crippen LogP contribution in [0.2, 0.25) is 0 Å². The number of hydrogen-bond acceptors (Lipinski definition) is 4. The fourth-order valence-corrected chi connectivity index (χ4v) is 3.04. The van der Waals surface area contributed by atoms with E-state index in [1.807, 2.05) is 50.2 Å². The number of aryl methyl sites for hydroxylation is 2. The Hall–Kier alpha value is -2.20. The Morgan fingerprint density at radius 1 is 1.09 bits per heavy atom. The SMILES string of the molecule is COc1cccc(OC2CN(Cc3c(C)cc(O)cc3C)C2)c1. The van der Waals surface area contributed by atoms with Crippen LogP contribution in [-0.4, -0.2) is 36.3 Å². The highest BCUT2D eigenvalue weighted by Crippen LogP contribution is 2.26. The van der Waals surface area contributed by atoms with Gasteiger partial charge >= 0.3 is 0 Å². The maximum Gasteiger partial charge on any atom is 0.124 e. The molecule has 1 aliphatic rings. The van der Waals surface area contributed by atoms with Crippen molar-refractivity contribution in [1.29, 1.82) is 0 Å². The quantitative estimate of drug-likeness (QED) is 0.920. The predicted molar refractivity (Wildman–Crippen MR) is 90.3 cm³/mol. The lowest BCUT2D eigenvalue weighted by Crippen LogP contribution is -2.53. The number of aromatic hydroxyl groups is 1. The third-order valence-electron chi connectivity index (χ3n) is 4.33. The number of rotatable bonds is 5. The Balaban J connectivity index is 1.55. The minimum Gasteiger partial charge on any atom is -0.508 e. The predicted octanol–water partition coefficient (Wildman–Crippen LogP) is 3.28. The Kier molecular flexibility index (Phi) is 4.44. The van der Waals surface area contributed by atoms with Gasteiger partial charge in [-0.2, -0.15) is 0 Å². The Labute approximate surface area is 137 Å². The molecule has 0 radical (unpaired) electrons. The molecule has 1 aliphatic heterocycles. The van der Waals surface area contributed by atoms with Gasteiger partial charge in [0.2, 0.25) is 0 Å². The number of nitrogens with zero attached hydrogens (tertiary/aromatic N) is 1. The van der Waals surface area contributed by atoms with Crippen molar-refractivity contribution in [3.05, 3.63) is 53.1 Å². The van der Waals surface area contributed by atoms with Crippen molar-refractivity contribution in [2.75, 3.05) is 20.2 Å². The summed E-state index contributed by atoms with van der Waals surface area (Å²) in [4.78, 5) is 2.36. The van der Waals surface area contributed by atoms with E-state index in [0.29, 0.717) is 5.75 Å². The molecule has 0 aromatic heterocycles. The number of ether oxygens (including phenoxy) is 2. The van der Waals surface area contributed by atoms with E-state index in [0.717, 1.165) is 42.3 Å². The summed E-state index contributed by atoms with van der Waals surface area (Å²) in [7, 11) is 1.66. The van der Waals surface area contributed by atoms with Crippen LogP contribution in [0.4, 0.5) is 0 Å². The summed E-state index contributed by atoms with van der Waals surface area (Å²) in [5.74, 6) is 2.01. The molecule has 2 aromatic rings. The molecule has 0 unspecified atom stereocenters. The zero-order valence-corrected chi connectivity index (χ0v) is 13.9. The number of hydrogen-bond donors (Lipinski definition) is 1. The molecule has 4 heteroatoms. The van der Waals surface area contributed by atoms with E-state index in [2.05, 4.69) is 4.90 Å². The summed E-state index contributed by atoms with van der Waals surface area (Å²) >= 11 is 0. The maximum absolute atomic E-state index is 9.63. The van der Waals surface area contributed by atoms with Crippen LogP contribution in [0.15, 0.2) is 36.4 Å². The van der Waals surface area contributed by atoms with Crippen molar-refractivity contribution in [3.63, 3.8) is 0 Å².